The molecule has 3 aliphatic heterocycles. The number of amides is 1. The van der Waals surface area contributed by atoms with Crippen LogP contribution in [0.25, 0.3) is 0 Å². The summed E-state index contributed by atoms with van der Waals surface area (Å²) in [5, 5.41) is 11.0. The highest BCUT2D eigenvalue weighted by molar-refractivity contribution is 6.30. The Kier molecular flexibility index (Phi) is 8.07. The molecule has 1 amide bonds. The number of ether oxygens (including phenoxy) is 1. The number of morpholine rings is 1. The molecular weight excluding hydrogens is 523 g/mol. The fourth-order valence-electron chi connectivity index (χ4n) is 6.75. The van der Waals surface area contributed by atoms with Crippen LogP contribution in [0.4, 0.5) is 0 Å². The predicted octanol–water partition coefficient (Wildman–Crippen LogP) is 6.17. The van der Waals surface area contributed by atoms with Crippen LogP contribution in [0.1, 0.15) is 69.0 Å². The van der Waals surface area contributed by atoms with E-state index in [-0.39, 0.29) is 30.3 Å². The van der Waals surface area contributed by atoms with Gasteiger partial charge in [-0.05, 0) is 68.0 Å². The Hall–Kier alpha value is -2.12. The second-order valence-corrected chi connectivity index (χ2v) is 12.4. The summed E-state index contributed by atoms with van der Waals surface area (Å²) in [4.78, 5) is 30.6. The quantitative estimate of drug-likeness (QED) is 0.419. The average Bonchev–Trinajstić information content (AvgIpc) is 3.21. The summed E-state index contributed by atoms with van der Waals surface area (Å²) in [6.07, 6.45) is 3.86. The SMILES string of the molecule is CC(CCN1CC2CCC(C1)O2)N1C(=O)C(C)(CC(=O)O)CC(c2cccc(Cl)c2)C1c1ccc(Cl)cc1. The molecule has 2 aromatic rings. The van der Waals surface area contributed by atoms with Crippen LogP contribution in [0.15, 0.2) is 48.5 Å². The third kappa shape index (κ3) is 5.74. The van der Waals surface area contributed by atoms with Crippen molar-refractivity contribution in [3.05, 3.63) is 69.7 Å². The molecule has 6 unspecified atom stereocenters. The highest BCUT2D eigenvalue weighted by Gasteiger charge is 2.52. The minimum Gasteiger partial charge on any atom is -0.481 e. The maximum absolute atomic E-state index is 14.3. The van der Waals surface area contributed by atoms with Crippen LogP contribution in [0.3, 0.4) is 0 Å². The largest absolute Gasteiger partial charge is 0.481 e. The molecule has 3 saturated heterocycles. The molecule has 204 valence electrons. The van der Waals surface area contributed by atoms with Gasteiger partial charge in [-0.1, -0.05) is 54.4 Å². The number of carbonyl (C=O) groups excluding carboxylic acids is 1. The van der Waals surface area contributed by atoms with Gasteiger partial charge in [0.25, 0.3) is 0 Å². The highest BCUT2D eigenvalue weighted by Crippen LogP contribution is 2.52. The van der Waals surface area contributed by atoms with Gasteiger partial charge < -0.3 is 14.7 Å². The monoisotopic (exact) mass is 558 g/mol. The van der Waals surface area contributed by atoms with Gasteiger partial charge in [-0.3, -0.25) is 14.5 Å². The molecule has 2 bridgehead atoms. The first kappa shape index (κ1) is 27.4. The van der Waals surface area contributed by atoms with Crippen molar-refractivity contribution in [2.45, 2.75) is 76.2 Å². The fourth-order valence-corrected chi connectivity index (χ4v) is 7.08. The number of benzene rings is 2. The molecule has 38 heavy (non-hydrogen) atoms. The standard InChI is InChI=1S/C30H36Cl2N2O4/c1-19(12-13-33-17-24-10-11-25(18-33)38-24)34-28(20-6-8-22(31)9-7-20)26(21-4-3-5-23(32)14-21)15-30(2,29(34)37)16-27(35)36/h3-9,14,19,24-26,28H,10-13,15-18H2,1-2H3,(H,35,36). The molecule has 3 heterocycles. The molecule has 0 spiro atoms. The number of carboxylic acid groups (broad SMARTS) is 1. The number of rotatable bonds is 8. The van der Waals surface area contributed by atoms with E-state index in [1.165, 1.54) is 0 Å². The number of hydrogen-bond donors (Lipinski definition) is 1. The van der Waals surface area contributed by atoms with Crippen molar-refractivity contribution in [1.29, 1.82) is 0 Å². The van der Waals surface area contributed by atoms with Gasteiger partial charge in [-0.25, -0.2) is 0 Å². The van der Waals surface area contributed by atoms with E-state index < -0.39 is 11.4 Å². The third-order valence-corrected chi connectivity index (χ3v) is 9.08. The first-order valence-corrected chi connectivity index (χ1v) is 14.3. The minimum absolute atomic E-state index is 0.0984. The summed E-state index contributed by atoms with van der Waals surface area (Å²) >= 11 is 12.7. The highest BCUT2D eigenvalue weighted by atomic mass is 35.5. The van der Waals surface area contributed by atoms with E-state index in [1.807, 2.05) is 53.4 Å². The minimum atomic E-state index is -1.03. The number of halogens is 2. The van der Waals surface area contributed by atoms with Crippen LogP contribution in [-0.4, -0.2) is 64.7 Å². The topological polar surface area (TPSA) is 70.1 Å². The lowest BCUT2D eigenvalue weighted by atomic mass is 9.67. The zero-order valence-corrected chi connectivity index (χ0v) is 23.5. The molecule has 3 fully saturated rings. The molecule has 3 aliphatic rings. The number of aliphatic carboxylic acids is 1. The smallest absolute Gasteiger partial charge is 0.304 e. The Morgan fingerprint density at radius 3 is 2.39 bits per heavy atom. The van der Waals surface area contributed by atoms with E-state index in [1.54, 1.807) is 6.92 Å². The van der Waals surface area contributed by atoms with Gasteiger partial charge in [0.2, 0.25) is 5.91 Å². The average molecular weight is 560 g/mol. The van der Waals surface area contributed by atoms with E-state index >= 15 is 0 Å². The molecular formula is C30H36Cl2N2O4. The summed E-state index contributed by atoms with van der Waals surface area (Å²) in [7, 11) is 0. The molecule has 0 aromatic heterocycles. The van der Waals surface area contributed by atoms with Crippen LogP contribution in [0.2, 0.25) is 10.0 Å². The van der Waals surface area contributed by atoms with Crippen molar-refractivity contribution >= 4 is 35.1 Å². The lowest BCUT2D eigenvalue weighted by molar-refractivity contribution is -0.160. The molecule has 6 nitrogen and oxygen atoms in total. The van der Waals surface area contributed by atoms with Crippen molar-refractivity contribution in [3.63, 3.8) is 0 Å². The zero-order valence-electron chi connectivity index (χ0n) is 22.0. The number of carbonyl (C=O) groups is 2. The maximum atomic E-state index is 14.3. The van der Waals surface area contributed by atoms with Crippen molar-refractivity contribution in [2.75, 3.05) is 19.6 Å². The third-order valence-electron chi connectivity index (χ3n) is 8.59. The van der Waals surface area contributed by atoms with Crippen molar-refractivity contribution in [1.82, 2.24) is 9.80 Å². The van der Waals surface area contributed by atoms with E-state index in [4.69, 9.17) is 27.9 Å². The van der Waals surface area contributed by atoms with Gasteiger partial charge in [0, 0.05) is 41.6 Å². The lowest BCUT2D eigenvalue weighted by Gasteiger charge is -2.51. The maximum Gasteiger partial charge on any atom is 0.304 e. The normalized spacial score (nSPS) is 30.4. The van der Waals surface area contributed by atoms with E-state index in [2.05, 4.69) is 11.8 Å². The number of carboxylic acids is 1. The molecule has 0 saturated carbocycles. The first-order chi connectivity index (χ1) is 18.1. The lowest BCUT2D eigenvalue weighted by Crippen LogP contribution is -2.56. The Morgan fingerprint density at radius 1 is 1.08 bits per heavy atom. The van der Waals surface area contributed by atoms with Crippen molar-refractivity contribution in [2.24, 2.45) is 5.41 Å². The molecule has 0 radical (unpaired) electrons. The van der Waals surface area contributed by atoms with Crippen LogP contribution >= 0.6 is 23.2 Å². The van der Waals surface area contributed by atoms with Gasteiger partial charge in [0.1, 0.15) is 0 Å². The van der Waals surface area contributed by atoms with Crippen LogP contribution in [0, 0.1) is 5.41 Å². The van der Waals surface area contributed by atoms with Crippen LogP contribution in [0.5, 0.6) is 0 Å². The summed E-state index contributed by atoms with van der Waals surface area (Å²) in [6.45, 7) is 6.63. The van der Waals surface area contributed by atoms with Gasteiger partial charge in [0.05, 0.1) is 30.1 Å². The number of hydrogen-bond acceptors (Lipinski definition) is 4. The van der Waals surface area contributed by atoms with Gasteiger partial charge >= 0.3 is 5.97 Å². The van der Waals surface area contributed by atoms with E-state index in [0.29, 0.717) is 28.7 Å². The van der Waals surface area contributed by atoms with E-state index in [0.717, 1.165) is 50.0 Å². The Morgan fingerprint density at radius 2 is 1.76 bits per heavy atom. The second-order valence-electron chi connectivity index (χ2n) is 11.6. The molecule has 6 atom stereocenters. The van der Waals surface area contributed by atoms with Crippen molar-refractivity contribution in [3.8, 4) is 0 Å². The van der Waals surface area contributed by atoms with Gasteiger partial charge in [-0.2, -0.15) is 0 Å². The molecule has 1 N–H and O–H groups in total. The Bertz CT molecular complexity index is 1160. The fraction of sp³-hybridized carbons (Fsp3) is 0.533. The van der Waals surface area contributed by atoms with Gasteiger partial charge in [-0.15, -0.1) is 0 Å². The Balaban J connectivity index is 1.51. The number of fused-ring (bicyclic) bond motifs is 2. The van der Waals surface area contributed by atoms with Crippen LogP contribution in [-0.2, 0) is 14.3 Å². The Labute approximate surface area is 234 Å². The first-order valence-electron chi connectivity index (χ1n) is 13.6. The molecule has 5 rings (SSSR count). The number of piperidine rings is 1. The molecule has 0 aliphatic carbocycles. The summed E-state index contributed by atoms with van der Waals surface area (Å²) in [5.74, 6) is -1.20. The number of nitrogens with zero attached hydrogens (tertiary/aromatic N) is 2. The van der Waals surface area contributed by atoms with Crippen LogP contribution < -0.4 is 0 Å². The number of likely N-dealkylation sites (tertiary alicyclic amines) is 2. The predicted molar refractivity (Wildman–Crippen MR) is 149 cm³/mol. The molecule has 8 heteroatoms. The van der Waals surface area contributed by atoms with Crippen molar-refractivity contribution < 1.29 is 19.4 Å². The zero-order chi connectivity index (χ0) is 27.0. The second kappa shape index (κ2) is 11.2. The van der Waals surface area contributed by atoms with E-state index in [9.17, 15) is 14.7 Å². The summed E-state index contributed by atoms with van der Waals surface area (Å²) < 4.78 is 6.01. The molecule has 2 aromatic carbocycles. The summed E-state index contributed by atoms with van der Waals surface area (Å²) in [6, 6.07) is 15.0. The van der Waals surface area contributed by atoms with Gasteiger partial charge in [0.15, 0.2) is 0 Å². The summed E-state index contributed by atoms with van der Waals surface area (Å²) in [5.41, 5.74) is 0.957.